The van der Waals surface area contributed by atoms with E-state index in [9.17, 15) is 0 Å². The van der Waals surface area contributed by atoms with Crippen LogP contribution in [0.1, 0.15) is 4.88 Å². The Bertz CT molecular complexity index is 465. The molecular formula is C9H7N3S2. The van der Waals surface area contributed by atoms with Gasteiger partial charge in [-0.25, -0.2) is 4.98 Å². The summed E-state index contributed by atoms with van der Waals surface area (Å²) in [6.45, 7) is 0. The summed E-state index contributed by atoms with van der Waals surface area (Å²) in [6, 6.07) is 6.09. The van der Waals surface area contributed by atoms with Gasteiger partial charge in [-0.2, -0.15) is 5.26 Å². The van der Waals surface area contributed by atoms with Crippen molar-refractivity contribution in [3.05, 3.63) is 22.4 Å². The molecule has 2 rings (SSSR count). The lowest BCUT2D eigenvalue weighted by Crippen LogP contribution is -1.85. The Hall–Kier alpha value is -1.38. The Morgan fingerprint density at radius 1 is 1.57 bits per heavy atom. The highest BCUT2D eigenvalue weighted by molar-refractivity contribution is 7.17. The zero-order valence-electron chi connectivity index (χ0n) is 7.44. The van der Waals surface area contributed by atoms with E-state index in [0.717, 1.165) is 15.7 Å². The van der Waals surface area contributed by atoms with Gasteiger partial charge >= 0.3 is 0 Å². The second-order valence-corrected chi connectivity index (χ2v) is 4.48. The van der Waals surface area contributed by atoms with E-state index in [1.54, 1.807) is 18.4 Å². The lowest BCUT2D eigenvalue weighted by molar-refractivity contribution is 1.37. The maximum Gasteiger partial charge on any atom is 0.184 e. The highest BCUT2D eigenvalue weighted by atomic mass is 32.1. The molecule has 0 aromatic carbocycles. The summed E-state index contributed by atoms with van der Waals surface area (Å²) in [5, 5.41) is 14.6. The van der Waals surface area contributed by atoms with Crippen molar-refractivity contribution in [1.29, 1.82) is 5.26 Å². The molecule has 1 N–H and O–H groups in total. The van der Waals surface area contributed by atoms with E-state index in [1.807, 2.05) is 17.5 Å². The van der Waals surface area contributed by atoms with Crippen molar-refractivity contribution in [3.63, 3.8) is 0 Å². The van der Waals surface area contributed by atoms with Gasteiger partial charge in [0.05, 0.1) is 4.88 Å². The van der Waals surface area contributed by atoms with Crippen LogP contribution in [0, 0.1) is 11.3 Å². The van der Waals surface area contributed by atoms with Crippen LogP contribution in [0.3, 0.4) is 0 Å². The molecule has 0 saturated heterocycles. The molecule has 2 aromatic heterocycles. The van der Waals surface area contributed by atoms with E-state index in [-0.39, 0.29) is 0 Å². The van der Waals surface area contributed by atoms with Crippen molar-refractivity contribution < 1.29 is 0 Å². The topological polar surface area (TPSA) is 48.7 Å². The summed E-state index contributed by atoms with van der Waals surface area (Å²) in [5.74, 6) is 0. The summed E-state index contributed by atoms with van der Waals surface area (Å²) < 4.78 is 0. The van der Waals surface area contributed by atoms with Crippen LogP contribution < -0.4 is 5.32 Å². The number of nitrogens with one attached hydrogen (secondary N) is 1. The van der Waals surface area contributed by atoms with Gasteiger partial charge in [0, 0.05) is 7.05 Å². The first-order valence-electron chi connectivity index (χ1n) is 3.97. The normalized spacial score (nSPS) is 9.71. The molecule has 0 fully saturated rings. The first kappa shape index (κ1) is 9.19. The molecule has 0 aliphatic heterocycles. The number of nitrogens with zero attached hydrogens (tertiary/aromatic N) is 2. The lowest BCUT2D eigenvalue weighted by Gasteiger charge is -1.89. The fraction of sp³-hybridized carbons (Fsp3) is 0.111. The molecule has 70 valence electrons. The molecule has 0 saturated carbocycles. The van der Waals surface area contributed by atoms with Crippen LogP contribution >= 0.6 is 22.7 Å². The molecular weight excluding hydrogens is 214 g/mol. The molecule has 2 heterocycles. The monoisotopic (exact) mass is 221 g/mol. The van der Waals surface area contributed by atoms with Crippen LogP contribution in [0.15, 0.2) is 17.5 Å². The third-order valence-electron chi connectivity index (χ3n) is 1.70. The number of thiophene rings is 1. The standard InChI is InChI=1S/C9H7N3S2/c1-11-9-12-8(7(5-10)14-9)6-3-2-4-13-6/h2-4H,1H3,(H,11,12). The first-order valence-corrected chi connectivity index (χ1v) is 5.67. The molecule has 3 nitrogen and oxygen atoms in total. The zero-order chi connectivity index (χ0) is 9.97. The van der Waals surface area contributed by atoms with E-state index >= 15 is 0 Å². The molecule has 14 heavy (non-hydrogen) atoms. The van der Waals surface area contributed by atoms with E-state index in [0.29, 0.717) is 4.88 Å². The fourth-order valence-corrected chi connectivity index (χ4v) is 2.60. The van der Waals surface area contributed by atoms with Gasteiger partial charge in [0.25, 0.3) is 0 Å². The summed E-state index contributed by atoms with van der Waals surface area (Å²) in [7, 11) is 1.80. The Morgan fingerprint density at radius 2 is 2.43 bits per heavy atom. The van der Waals surface area contributed by atoms with Crippen molar-refractivity contribution in [2.75, 3.05) is 12.4 Å². The number of thiazole rings is 1. The van der Waals surface area contributed by atoms with Gasteiger partial charge in [-0.15, -0.1) is 11.3 Å². The Morgan fingerprint density at radius 3 is 3.00 bits per heavy atom. The van der Waals surface area contributed by atoms with E-state index < -0.39 is 0 Å². The molecule has 0 aliphatic rings. The third kappa shape index (κ3) is 1.50. The van der Waals surface area contributed by atoms with Crippen molar-refractivity contribution in [1.82, 2.24) is 4.98 Å². The van der Waals surface area contributed by atoms with Crippen molar-refractivity contribution >= 4 is 27.8 Å². The molecule has 0 radical (unpaired) electrons. The molecule has 5 heteroatoms. The minimum absolute atomic E-state index is 0.664. The number of aromatic nitrogens is 1. The largest absolute Gasteiger partial charge is 0.365 e. The molecule has 0 atom stereocenters. The quantitative estimate of drug-likeness (QED) is 0.848. The lowest BCUT2D eigenvalue weighted by atomic mass is 10.3. The smallest absolute Gasteiger partial charge is 0.184 e. The SMILES string of the molecule is CNc1nc(-c2cccs2)c(C#N)s1. The molecule has 0 unspecified atom stereocenters. The Labute approximate surface area is 89.7 Å². The highest BCUT2D eigenvalue weighted by Crippen LogP contribution is 2.32. The average molecular weight is 221 g/mol. The molecule has 0 amide bonds. The van der Waals surface area contributed by atoms with Gasteiger partial charge in [-0.05, 0) is 11.4 Å². The van der Waals surface area contributed by atoms with Crippen molar-refractivity contribution in [2.45, 2.75) is 0 Å². The van der Waals surface area contributed by atoms with E-state index in [2.05, 4.69) is 16.4 Å². The fourth-order valence-electron chi connectivity index (χ4n) is 1.08. The molecule has 0 aliphatic carbocycles. The predicted molar refractivity (Wildman–Crippen MR) is 59.7 cm³/mol. The van der Waals surface area contributed by atoms with Gasteiger partial charge < -0.3 is 5.32 Å². The summed E-state index contributed by atoms with van der Waals surface area (Å²) in [5.41, 5.74) is 0.789. The summed E-state index contributed by atoms with van der Waals surface area (Å²) >= 11 is 2.98. The second-order valence-electron chi connectivity index (χ2n) is 2.54. The van der Waals surface area contributed by atoms with E-state index in [1.165, 1.54) is 11.3 Å². The average Bonchev–Trinajstić information content (AvgIpc) is 2.85. The van der Waals surface area contributed by atoms with Gasteiger partial charge in [-0.3, -0.25) is 0 Å². The molecule has 2 aromatic rings. The predicted octanol–water partition coefficient (Wildman–Crippen LogP) is 2.78. The van der Waals surface area contributed by atoms with Crippen molar-refractivity contribution in [3.8, 4) is 16.6 Å². The van der Waals surface area contributed by atoms with Crippen LogP contribution in [0.4, 0.5) is 5.13 Å². The molecule has 0 spiro atoms. The number of anilines is 1. The van der Waals surface area contributed by atoms with Gasteiger partial charge in [0.2, 0.25) is 0 Å². The van der Waals surface area contributed by atoms with Crippen LogP contribution in [0.5, 0.6) is 0 Å². The first-order chi connectivity index (χ1) is 6.85. The van der Waals surface area contributed by atoms with E-state index in [4.69, 9.17) is 5.26 Å². The van der Waals surface area contributed by atoms with Gasteiger partial charge in [0.15, 0.2) is 5.13 Å². The third-order valence-corrected chi connectivity index (χ3v) is 3.55. The van der Waals surface area contributed by atoms with Gasteiger partial charge in [-0.1, -0.05) is 17.4 Å². The zero-order valence-corrected chi connectivity index (χ0v) is 9.08. The second kappa shape index (κ2) is 3.78. The Balaban J connectivity index is 2.53. The summed E-state index contributed by atoms with van der Waals surface area (Å²) in [6.07, 6.45) is 0. The number of nitriles is 1. The number of rotatable bonds is 2. The van der Waals surface area contributed by atoms with Crippen molar-refractivity contribution in [2.24, 2.45) is 0 Å². The van der Waals surface area contributed by atoms with Crippen LogP contribution in [-0.2, 0) is 0 Å². The molecule has 0 bridgehead atoms. The summed E-state index contributed by atoms with van der Waals surface area (Å²) in [4.78, 5) is 6.04. The number of hydrogen-bond donors (Lipinski definition) is 1. The minimum atomic E-state index is 0.664. The van der Waals surface area contributed by atoms with Crippen LogP contribution in [-0.4, -0.2) is 12.0 Å². The van der Waals surface area contributed by atoms with Crippen LogP contribution in [0.25, 0.3) is 10.6 Å². The minimum Gasteiger partial charge on any atom is -0.365 e. The Kier molecular flexibility index (Phi) is 2.48. The maximum atomic E-state index is 8.92. The number of hydrogen-bond acceptors (Lipinski definition) is 5. The van der Waals surface area contributed by atoms with Crippen LogP contribution in [0.2, 0.25) is 0 Å². The van der Waals surface area contributed by atoms with Gasteiger partial charge in [0.1, 0.15) is 16.6 Å². The highest BCUT2D eigenvalue weighted by Gasteiger charge is 2.12. The maximum absolute atomic E-state index is 8.92.